The standard InChI is InChI=1S/C14H24N2O/c1-14(2)7-5-12(6-8-15)10-16(14)11-13-4-3-9-17-13/h3-4,9,12H,5-8,10-11,15H2,1-2H3. The van der Waals surface area contributed by atoms with Crippen molar-refractivity contribution < 1.29 is 4.42 Å². The Kier molecular flexibility index (Phi) is 3.89. The van der Waals surface area contributed by atoms with Gasteiger partial charge in [-0.1, -0.05) is 0 Å². The molecular formula is C14H24N2O. The van der Waals surface area contributed by atoms with Crippen LogP contribution in [0.2, 0.25) is 0 Å². The molecule has 0 radical (unpaired) electrons. The molecule has 0 amide bonds. The molecule has 3 nitrogen and oxygen atoms in total. The molecule has 0 aromatic carbocycles. The Morgan fingerprint density at radius 2 is 2.35 bits per heavy atom. The maximum Gasteiger partial charge on any atom is 0.117 e. The molecule has 0 saturated carbocycles. The van der Waals surface area contributed by atoms with Gasteiger partial charge in [0.05, 0.1) is 12.8 Å². The predicted molar refractivity (Wildman–Crippen MR) is 69.6 cm³/mol. The van der Waals surface area contributed by atoms with E-state index in [1.54, 1.807) is 6.26 Å². The summed E-state index contributed by atoms with van der Waals surface area (Å²) in [5.41, 5.74) is 5.95. The van der Waals surface area contributed by atoms with Crippen molar-refractivity contribution in [1.29, 1.82) is 0 Å². The maximum absolute atomic E-state index is 5.67. The van der Waals surface area contributed by atoms with Crippen molar-refractivity contribution in [1.82, 2.24) is 4.90 Å². The van der Waals surface area contributed by atoms with Crippen molar-refractivity contribution >= 4 is 0 Å². The molecule has 0 aliphatic carbocycles. The molecule has 1 atom stereocenters. The summed E-state index contributed by atoms with van der Waals surface area (Å²) in [7, 11) is 0. The van der Waals surface area contributed by atoms with Crippen LogP contribution in [0.5, 0.6) is 0 Å². The lowest BCUT2D eigenvalue weighted by Crippen LogP contribution is -2.49. The second-order valence-corrected chi connectivity index (χ2v) is 5.75. The highest BCUT2D eigenvalue weighted by atomic mass is 16.3. The zero-order valence-electron chi connectivity index (χ0n) is 11.0. The van der Waals surface area contributed by atoms with Gasteiger partial charge >= 0.3 is 0 Å². The van der Waals surface area contributed by atoms with E-state index in [0.29, 0.717) is 0 Å². The molecule has 0 spiro atoms. The number of furan rings is 1. The molecule has 1 aromatic rings. The first-order chi connectivity index (χ1) is 8.12. The Hall–Kier alpha value is -0.800. The lowest BCUT2D eigenvalue weighted by atomic mass is 9.83. The van der Waals surface area contributed by atoms with Gasteiger partial charge in [0.1, 0.15) is 5.76 Å². The van der Waals surface area contributed by atoms with Gasteiger partial charge in [0.15, 0.2) is 0 Å². The second-order valence-electron chi connectivity index (χ2n) is 5.75. The van der Waals surface area contributed by atoms with E-state index in [0.717, 1.165) is 37.7 Å². The molecule has 2 heterocycles. The molecule has 96 valence electrons. The number of piperidine rings is 1. The van der Waals surface area contributed by atoms with Crippen LogP contribution in [0.1, 0.15) is 38.9 Å². The molecule has 0 bridgehead atoms. The first-order valence-electron chi connectivity index (χ1n) is 6.59. The van der Waals surface area contributed by atoms with Crippen LogP contribution < -0.4 is 5.73 Å². The van der Waals surface area contributed by atoms with Gasteiger partial charge in [-0.2, -0.15) is 0 Å². The molecule has 1 aromatic heterocycles. The van der Waals surface area contributed by atoms with Gasteiger partial charge in [-0.15, -0.1) is 0 Å². The smallest absolute Gasteiger partial charge is 0.117 e. The fourth-order valence-corrected chi connectivity index (χ4v) is 2.71. The molecule has 1 aliphatic rings. The lowest BCUT2D eigenvalue weighted by Gasteiger charge is -2.45. The van der Waals surface area contributed by atoms with E-state index in [1.807, 2.05) is 6.07 Å². The van der Waals surface area contributed by atoms with Crippen molar-refractivity contribution in [2.75, 3.05) is 13.1 Å². The molecule has 3 heteroatoms. The number of hydrogen-bond acceptors (Lipinski definition) is 3. The van der Waals surface area contributed by atoms with Gasteiger partial charge in [0.2, 0.25) is 0 Å². The molecular weight excluding hydrogens is 212 g/mol. The molecule has 1 unspecified atom stereocenters. The summed E-state index contributed by atoms with van der Waals surface area (Å²) in [6, 6.07) is 4.02. The number of likely N-dealkylation sites (tertiary alicyclic amines) is 1. The monoisotopic (exact) mass is 236 g/mol. The molecule has 1 fully saturated rings. The van der Waals surface area contributed by atoms with E-state index < -0.39 is 0 Å². The maximum atomic E-state index is 5.67. The Morgan fingerprint density at radius 3 is 3.00 bits per heavy atom. The number of hydrogen-bond donors (Lipinski definition) is 1. The van der Waals surface area contributed by atoms with Crippen molar-refractivity contribution in [3.8, 4) is 0 Å². The number of rotatable bonds is 4. The third-order valence-corrected chi connectivity index (χ3v) is 4.00. The Bertz CT molecular complexity index is 332. The minimum atomic E-state index is 0.276. The summed E-state index contributed by atoms with van der Waals surface area (Å²) in [6.07, 6.45) is 5.45. The Morgan fingerprint density at radius 1 is 1.53 bits per heavy atom. The van der Waals surface area contributed by atoms with Crippen molar-refractivity contribution in [3.05, 3.63) is 24.2 Å². The molecule has 17 heavy (non-hydrogen) atoms. The van der Waals surface area contributed by atoms with Crippen LogP contribution in [0.3, 0.4) is 0 Å². The minimum Gasteiger partial charge on any atom is -0.468 e. The zero-order chi connectivity index (χ0) is 12.3. The first-order valence-corrected chi connectivity index (χ1v) is 6.59. The van der Waals surface area contributed by atoms with E-state index in [4.69, 9.17) is 10.2 Å². The van der Waals surface area contributed by atoms with E-state index in [1.165, 1.54) is 12.8 Å². The van der Waals surface area contributed by atoms with E-state index in [2.05, 4.69) is 24.8 Å². The minimum absolute atomic E-state index is 0.276. The van der Waals surface area contributed by atoms with Crippen LogP contribution in [0, 0.1) is 5.92 Å². The molecule has 1 saturated heterocycles. The fraction of sp³-hybridized carbons (Fsp3) is 0.714. The van der Waals surface area contributed by atoms with Gasteiger partial charge in [0.25, 0.3) is 0 Å². The Labute approximate surface area is 104 Å². The van der Waals surface area contributed by atoms with E-state index in [-0.39, 0.29) is 5.54 Å². The average molecular weight is 236 g/mol. The fourth-order valence-electron chi connectivity index (χ4n) is 2.71. The van der Waals surface area contributed by atoms with Gasteiger partial charge in [-0.05, 0) is 57.7 Å². The van der Waals surface area contributed by atoms with E-state index in [9.17, 15) is 0 Å². The largest absolute Gasteiger partial charge is 0.468 e. The highest BCUT2D eigenvalue weighted by Gasteiger charge is 2.34. The van der Waals surface area contributed by atoms with Crippen molar-refractivity contribution in [2.24, 2.45) is 11.7 Å². The molecule has 2 N–H and O–H groups in total. The SMILES string of the molecule is CC1(C)CCC(CCN)CN1Cc1ccco1. The van der Waals surface area contributed by atoms with Crippen molar-refractivity contribution in [2.45, 2.75) is 45.2 Å². The normalized spacial score (nSPS) is 25.0. The van der Waals surface area contributed by atoms with E-state index >= 15 is 0 Å². The summed E-state index contributed by atoms with van der Waals surface area (Å²) in [6.45, 7) is 7.52. The summed E-state index contributed by atoms with van der Waals surface area (Å²) < 4.78 is 5.46. The average Bonchev–Trinajstić information content (AvgIpc) is 2.76. The quantitative estimate of drug-likeness (QED) is 0.874. The van der Waals surface area contributed by atoms with Gasteiger partial charge in [0, 0.05) is 12.1 Å². The highest BCUT2D eigenvalue weighted by Crippen LogP contribution is 2.32. The summed E-state index contributed by atoms with van der Waals surface area (Å²) >= 11 is 0. The summed E-state index contributed by atoms with van der Waals surface area (Å²) in [4.78, 5) is 2.54. The summed E-state index contributed by atoms with van der Waals surface area (Å²) in [5, 5.41) is 0. The predicted octanol–water partition coefficient (Wildman–Crippen LogP) is 2.62. The number of nitrogens with zero attached hydrogens (tertiary/aromatic N) is 1. The van der Waals surface area contributed by atoms with Crippen LogP contribution in [0.25, 0.3) is 0 Å². The number of nitrogens with two attached hydrogens (primary N) is 1. The van der Waals surface area contributed by atoms with Crippen LogP contribution in [-0.2, 0) is 6.54 Å². The first kappa shape index (κ1) is 12.7. The van der Waals surface area contributed by atoms with Crippen molar-refractivity contribution in [3.63, 3.8) is 0 Å². The topological polar surface area (TPSA) is 42.4 Å². The van der Waals surface area contributed by atoms with Gasteiger partial charge in [-0.25, -0.2) is 0 Å². The van der Waals surface area contributed by atoms with Gasteiger partial charge in [-0.3, -0.25) is 4.90 Å². The van der Waals surface area contributed by atoms with Crippen LogP contribution in [0.15, 0.2) is 22.8 Å². The highest BCUT2D eigenvalue weighted by molar-refractivity contribution is 5.00. The van der Waals surface area contributed by atoms with Crippen LogP contribution in [-0.4, -0.2) is 23.5 Å². The lowest BCUT2D eigenvalue weighted by molar-refractivity contribution is 0.0307. The second kappa shape index (κ2) is 5.23. The van der Waals surface area contributed by atoms with Gasteiger partial charge < -0.3 is 10.2 Å². The van der Waals surface area contributed by atoms with Crippen LogP contribution in [0.4, 0.5) is 0 Å². The summed E-state index contributed by atoms with van der Waals surface area (Å²) in [5.74, 6) is 1.81. The van der Waals surface area contributed by atoms with Crippen LogP contribution >= 0.6 is 0 Å². The Balaban J connectivity index is 2.00. The third-order valence-electron chi connectivity index (χ3n) is 4.00. The third kappa shape index (κ3) is 3.11. The molecule has 2 rings (SSSR count). The zero-order valence-corrected chi connectivity index (χ0v) is 11.0. The molecule has 1 aliphatic heterocycles.